The van der Waals surface area contributed by atoms with Crippen LogP contribution >= 0.6 is 0 Å². The topological polar surface area (TPSA) is 50.0 Å². The van der Waals surface area contributed by atoms with Crippen LogP contribution in [0.1, 0.15) is 30.2 Å². The third kappa shape index (κ3) is 3.79. The minimum atomic E-state index is 0.665. The molecule has 1 heterocycles. The molecule has 0 unspecified atom stereocenters. The van der Waals surface area contributed by atoms with E-state index in [0.717, 1.165) is 23.4 Å². The lowest BCUT2D eigenvalue weighted by Gasteiger charge is -2.13. The van der Waals surface area contributed by atoms with Crippen LogP contribution in [0.2, 0.25) is 0 Å². The van der Waals surface area contributed by atoms with E-state index in [0.29, 0.717) is 18.8 Å². The quantitative estimate of drug-likeness (QED) is 0.881. The summed E-state index contributed by atoms with van der Waals surface area (Å²) in [5, 5.41) is 12.4. The Balaban J connectivity index is 2.10. The summed E-state index contributed by atoms with van der Waals surface area (Å²) < 4.78 is 7.62. The minimum absolute atomic E-state index is 0.665. The fraction of sp³-hybridized carbons (Fsp3) is 0.353. The minimum Gasteiger partial charge on any atom is -0.491 e. The highest BCUT2D eigenvalue weighted by Crippen LogP contribution is 2.26. The molecule has 0 aliphatic rings. The first-order valence-electron chi connectivity index (χ1n) is 7.16. The third-order valence-corrected chi connectivity index (χ3v) is 3.26. The van der Waals surface area contributed by atoms with Gasteiger partial charge in [-0.2, -0.15) is 5.26 Å². The molecule has 21 heavy (non-hydrogen) atoms. The number of hydrogen-bond donors (Lipinski definition) is 1. The van der Waals surface area contributed by atoms with Crippen LogP contribution < -0.4 is 10.1 Å². The van der Waals surface area contributed by atoms with E-state index in [9.17, 15) is 0 Å². The Morgan fingerprint density at radius 3 is 2.81 bits per heavy atom. The molecule has 4 nitrogen and oxygen atoms in total. The first-order chi connectivity index (χ1) is 10.1. The number of rotatable bonds is 6. The molecule has 2 aromatic rings. The molecule has 0 fully saturated rings. The zero-order valence-corrected chi connectivity index (χ0v) is 12.8. The molecule has 0 saturated heterocycles. The molecule has 1 N–H and O–H groups in total. The van der Waals surface area contributed by atoms with Crippen LogP contribution in [0.4, 0.5) is 5.69 Å². The van der Waals surface area contributed by atoms with Crippen molar-refractivity contribution in [1.29, 1.82) is 5.26 Å². The molecule has 1 aromatic carbocycles. The number of nitrogens with one attached hydrogen (secondary N) is 1. The number of ether oxygens (including phenoxy) is 1. The first-order valence-corrected chi connectivity index (χ1v) is 7.16. The normalized spacial score (nSPS) is 10.2. The van der Waals surface area contributed by atoms with E-state index in [1.54, 1.807) is 0 Å². The average Bonchev–Trinajstić information content (AvgIpc) is 2.84. The van der Waals surface area contributed by atoms with Crippen LogP contribution in [0, 0.1) is 18.3 Å². The summed E-state index contributed by atoms with van der Waals surface area (Å²) in [5.74, 6) is 0.883. The molecule has 0 radical (unpaired) electrons. The molecule has 0 aliphatic heterocycles. The molecule has 0 amide bonds. The third-order valence-electron chi connectivity index (χ3n) is 3.26. The molecule has 0 bridgehead atoms. The Morgan fingerprint density at radius 1 is 1.33 bits per heavy atom. The van der Waals surface area contributed by atoms with Crippen molar-refractivity contribution in [2.45, 2.75) is 26.8 Å². The maximum atomic E-state index is 8.98. The van der Waals surface area contributed by atoms with Crippen LogP contribution in [-0.2, 0) is 13.6 Å². The van der Waals surface area contributed by atoms with E-state index >= 15 is 0 Å². The van der Waals surface area contributed by atoms with Crippen LogP contribution in [-0.4, -0.2) is 11.2 Å². The summed E-state index contributed by atoms with van der Waals surface area (Å²) >= 11 is 0. The van der Waals surface area contributed by atoms with Gasteiger partial charge >= 0.3 is 0 Å². The summed E-state index contributed by atoms with van der Waals surface area (Å²) in [7, 11) is 1.88. The van der Waals surface area contributed by atoms with Gasteiger partial charge in [-0.1, -0.05) is 13.0 Å². The van der Waals surface area contributed by atoms with Gasteiger partial charge in [0.25, 0.3) is 0 Å². The van der Waals surface area contributed by atoms with Crippen LogP contribution in [0.15, 0.2) is 30.5 Å². The number of nitrogens with zero attached hydrogens (tertiary/aromatic N) is 2. The van der Waals surface area contributed by atoms with Crippen LogP contribution in [0.5, 0.6) is 5.75 Å². The molecule has 1 aromatic heterocycles. The van der Waals surface area contributed by atoms with E-state index in [1.165, 1.54) is 5.56 Å². The second kappa shape index (κ2) is 6.85. The highest BCUT2D eigenvalue weighted by atomic mass is 16.5. The van der Waals surface area contributed by atoms with Crippen LogP contribution in [0.3, 0.4) is 0 Å². The molecule has 2 rings (SSSR count). The number of nitriles is 1. The van der Waals surface area contributed by atoms with Gasteiger partial charge in [-0.15, -0.1) is 0 Å². The number of anilines is 1. The Bertz CT molecular complexity index is 653. The van der Waals surface area contributed by atoms with E-state index in [2.05, 4.69) is 31.3 Å². The lowest BCUT2D eigenvalue weighted by atomic mass is 10.2. The molecule has 0 saturated carbocycles. The average molecular weight is 283 g/mol. The van der Waals surface area contributed by atoms with Crippen molar-refractivity contribution in [3.8, 4) is 11.8 Å². The second-order valence-corrected chi connectivity index (χ2v) is 5.16. The molecule has 0 spiro atoms. The van der Waals surface area contributed by atoms with Crippen molar-refractivity contribution in [3.05, 3.63) is 47.3 Å². The number of hydrogen-bond acceptors (Lipinski definition) is 3. The lowest BCUT2D eigenvalue weighted by molar-refractivity contribution is 0.318. The maximum absolute atomic E-state index is 8.98. The Hall–Kier alpha value is -2.41. The van der Waals surface area contributed by atoms with Gasteiger partial charge in [-0.3, -0.25) is 0 Å². The fourth-order valence-electron chi connectivity index (χ4n) is 2.15. The van der Waals surface area contributed by atoms with E-state index in [1.807, 2.05) is 36.0 Å². The number of aromatic nitrogens is 1. The van der Waals surface area contributed by atoms with Crippen molar-refractivity contribution >= 4 is 5.69 Å². The zero-order chi connectivity index (χ0) is 15.2. The van der Waals surface area contributed by atoms with Gasteiger partial charge in [0.05, 0.1) is 12.3 Å². The zero-order valence-electron chi connectivity index (χ0n) is 12.8. The Kier molecular flexibility index (Phi) is 4.89. The van der Waals surface area contributed by atoms with Crippen molar-refractivity contribution in [1.82, 2.24) is 4.57 Å². The van der Waals surface area contributed by atoms with Gasteiger partial charge in [0.15, 0.2) is 0 Å². The maximum Gasteiger partial charge on any atom is 0.142 e. The molecule has 0 aliphatic carbocycles. The summed E-state index contributed by atoms with van der Waals surface area (Å²) in [6.07, 6.45) is 2.95. The van der Waals surface area contributed by atoms with E-state index in [4.69, 9.17) is 10.00 Å². The summed E-state index contributed by atoms with van der Waals surface area (Å²) in [6.45, 7) is 5.53. The number of benzene rings is 1. The fourth-order valence-corrected chi connectivity index (χ4v) is 2.15. The summed E-state index contributed by atoms with van der Waals surface area (Å²) in [5.41, 5.74) is 3.91. The smallest absolute Gasteiger partial charge is 0.142 e. The van der Waals surface area contributed by atoms with E-state index in [-0.39, 0.29) is 0 Å². The van der Waals surface area contributed by atoms with Crippen molar-refractivity contribution < 1.29 is 4.74 Å². The summed E-state index contributed by atoms with van der Waals surface area (Å²) in [6, 6.07) is 10.2. The monoisotopic (exact) mass is 283 g/mol. The van der Waals surface area contributed by atoms with Crippen molar-refractivity contribution in [2.24, 2.45) is 7.05 Å². The molecule has 0 atom stereocenters. The SMILES string of the molecule is CCCOc1cc(C)ccc1NCc1cc(C#N)n(C)c1. The standard InChI is InChI=1S/C17H21N3O/c1-4-7-21-17-8-13(2)5-6-16(17)19-11-14-9-15(10-18)20(3)12-14/h5-6,8-9,12,19H,4,7,11H2,1-3H3. The van der Waals surface area contributed by atoms with Gasteiger partial charge in [0.2, 0.25) is 0 Å². The number of aryl methyl sites for hydroxylation is 2. The molecular formula is C17H21N3O. The summed E-state index contributed by atoms with van der Waals surface area (Å²) in [4.78, 5) is 0. The second-order valence-electron chi connectivity index (χ2n) is 5.16. The van der Waals surface area contributed by atoms with Gasteiger partial charge in [-0.25, -0.2) is 0 Å². The molecular weight excluding hydrogens is 262 g/mol. The van der Waals surface area contributed by atoms with Gasteiger partial charge in [-0.05, 0) is 42.7 Å². The predicted molar refractivity (Wildman–Crippen MR) is 84.4 cm³/mol. The molecule has 110 valence electrons. The molecule has 4 heteroatoms. The highest BCUT2D eigenvalue weighted by molar-refractivity contribution is 5.58. The van der Waals surface area contributed by atoms with E-state index < -0.39 is 0 Å². The van der Waals surface area contributed by atoms with Crippen molar-refractivity contribution in [2.75, 3.05) is 11.9 Å². The largest absolute Gasteiger partial charge is 0.491 e. The Labute approximate surface area is 126 Å². The van der Waals surface area contributed by atoms with Crippen molar-refractivity contribution in [3.63, 3.8) is 0 Å². The highest BCUT2D eigenvalue weighted by Gasteiger charge is 2.06. The van der Waals surface area contributed by atoms with Gasteiger partial charge < -0.3 is 14.6 Å². The van der Waals surface area contributed by atoms with Crippen LogP contribution in [0.25, 0.3) is 0 Å². The van der Waals surface area contributed by atoms with Gasteiger partial charge in [0.1, 0.15) is 17.5 Å². The Morgan fingerprint density at radius 2 is 2.14 bits per heavy atom. The predicted octanol–water partition coefficient (Wildman–Crippen LogP) is 3.61. The first kappa shape index (κ1) is 15.0. The van der Waals surface area contributed by atoms with Gasteiger partial charge in [0, 0.05) is 19.8 Å². The lowest BCUT2D eigenvalue weighted by Crippen LogP contribution is -2.03.